The van der Waals surface area contributed by atoms with Gasteiger partial charge in [0, 0.05) is 31.2 Å². The van der Waals surface area contributed by atoms with Crippen LogP contribution in [0.5, 0.6) is 0 Å². The SMILES string of the molecule is CN1CCN(Cn2nc(-c3ccccc3)oc2=S)C(c2ccccc2)C1. The van der Waals surface area contributed by atoms with E-state index in [0.29, 0.717) is 23.4 Å². The molecule has 1 aliphatic heterocycles. The molecule has 0 radical (unpaired) electrons. The summed E-state index contributed by atoms with van der Waals surface area (Å²) in [5.41, 5.74) is 2.26. The molecule has 0 N–H and O–H groups in total. The minimum absolute atomic E-state index is 0.314. The largest absolute Gasteiger partial charge is 0.409 e. The number of likely N-dealkylation sites (N-methyl/N-ethyl adjacent to an activating group) is 1. The maximum atomic E-state index is 5.73. The van der Waals surface area contributed by atoms with E-state index in [1.165, 1.54) is 5.56 Å². The van der Waals surface area contributed by atoms with E-state index in [1.807, 2.05) is 30.3 Å². The molecule has 0 aliphatic carbocycles. The minimum Gasteiger partial charge on any atom is -0.409 e. The van der Waals surface area contributed by atoms with E-state index in [0.717, 1.165) is 25.2 Å². The van der Waals surface area contributed by atoms with Crippen LogP contribution in [-0.2, 0) is 6.67 Å². The van der Waals surface area contributed by atoms with E-state index in [9.17, 15) is 0 Å². The zero-order valence-corrected chi connectivity index (χ0v) is 15.6. The highest BCUT2D eigenvalue weighted by atomic mass is 32.1. The molecule has 0 spiro atoms. The maximum absolute atomic E-state index is 5.73. The lowest BCUT2D eigenvalue weighted by Crippen LogP contribution is -2.47. The molecule has 1 saturated heterocycles. The molecule has 1 fully saturated rings. The lowest BCUT2D eigenvalue weighted by molar-refractivity contribution is 0.0577. The highest BCUT2D eigenvalue weighted by Gasteiger charge is 2.27. The molecule has 5 nitrogen and oxygen atoms in total. The Morgan fingerprint density at radius 1 is 1.04 bits per heavy atom. The first-order valence-electron chi connectivity index (χ1n) is 8.81. The molecule has 0 amide bonds. The van der Waals surface area contributed by atoms with Crippen LogP contribution in [0.1, 0.15) is 11.6 Å². The topological polar surface area (TPSA) is 37.4 Å². The van der Waals surface area contributed by atoms with Crippen molar-refractivity contribution in [2.75, 3.05) is 26.7 Å². The number of rotatable bonds is 4. The van der Waals surface area contributed by atoms with Crippen LogP contribution in [-0.4, -0.2) is 46.3 Å². The van der Waals surface area contributed by atoms with Crippen LogP contribution in [0, 0.1) is 4.84 Å². The van der Waals surface area contributed by atoms with E-state index in [-0.39, 0.29) is 0 Å². The van der Waals surface area contributed by atoms with E-state index in [4.69, 9.17) is 16.6 Å². The number of aromatic nitrogens is 2. The Hall–Kier alpha value is -2.28. The van der Waals surface area contributed by atoms with Crippen LogP contribution in [0.4, 0.5) is 0 Å². The molecule has 0 bridgehead atoms. The van der Waals surface area contributed by atoms with Gasteiger partial charge in [0.1, 0.15) is 0 Å². The van der Waals surface area contributed by atoms with Gasteiger partial charge in [-0.1, -0.05) is 48.5 Å². The Morgan fingerprint density at radius 3 is 2.46 bits per heavy atom. The van der Waals surface area contributed by atoms with Crippen molar-refractivity contribution in [1.82, 2.24) is 19.6 Å². The van der Waals surface area contributed by atoms with Crippen molar-refractivity contribution in [3.05, 3.63) is 71.1 Å². The molecule has 3 aromatic rings. The zero-order chi connectivity index (χ0) is 17.9. The molecule has 2 heterocycles. The molecule has 0 saturated carbocycles. The van der Waals surface area contributed by atoms with Crippen molar-refractivity contribution in [2.24, 2.45) is 0 Å². The first-order chi connectivity index (χ1) is 12.7. The summed E-state index contributed by atoms with van der Waals surface area (Å²) in [4.78, 5) is 5.20. The van der Waals surface area contributed by atoms with Gasteiger partial charge in [-0.25, -0.2) is 4.68 Å². The highest BCUT2D eigenvalue weighted by molar-refractivity contribution is 7.71. The molecular formula is C20H22N4OS. The van der Waals surface area contributed by atoms with Crippen molar-refractivity contribution in [3.63, 3.8) is 0 Å². The summed E-state index contributed by atoms with van der Waals surface area (Å²) >= 11 is 5.42. The highest BCUT2D eigenvalue weighted by Crippen LogP contribution is 2.26. The average Bonchev–Trinajstić information content (AvgIpc) is 3.05. The zero-order valence-electron chi connectivity index (χ0n) is 14.8. The van der Waals surface area contributed by atoms with Crippen molar-refractivity contribution in [2.45, 2.75) is 12.7 Å². The third-order valence-electron chi connectivity index (χ3n) is 4.82. The molecule has 26 heavy (non-hydrogen) atoms. The van der Waals surface area contributed by atoms with Crippen molar-refractivity contribution in [1.29, 1.82) is 0 Å². The van der Waals surface area contributed by atoms with Crippen LogP contribution in [0.2, 0.25) is 0 Å². The average molecular weight is 366 g/mol. The predicted molar refractivity (Wildman–Crippen MR) is 104 cm³/mol. The van der Waals surface area contributed by atoms with Crippen LogP contribution < -0.4 is 0 Å². The van der Waals surface area contributed by atoms with Gasteiger partial charge in [0.05, 0.1) is 6.67 Å². The molecule has 1 unspecified atom stereocenters. The summed E-state index contributed by atoms with van der Waals surface area (Å²) in [6.45, 7) is 3.61. The Labute approximate surface area is 158 Å². The third kappa shape index (κ3) is 3.62. The van der Waals surface area contributed by atoms with Gasteiger partial charge < -0.3 is 9.32 Å². The molecule has 1 atom stereocenters. The van der Waals surface area contributed by atoms with Crippen molar-refractivity contribution >= 4 is 12.2 Å². The fourth-order valence-electron chi connectivity index (χ4n) is 3.38. The molecule has 134 valence electrons. The van der Waals surface area contributed by atoms with E-state index in [1.54, 1.807) is 4.68 Å². The first kappa shape index (κ1) is 17.1. The van der Waals surface area contributed by atoms with Gasteiger partial charge in [0.25, 0.3) is 4.84 Å². The third-order valence-corrected chi connectivity index (χ3v) is 5.12. The fourth-order valence-corrected chi connectivity index (χ4v) is 3.56. The fraction of sp³-hybridized carbons (Fsp3) is 0.300. The monoisotopic (exact) mass is 366 g/mol. The van der Waals surface area contributed by atoms with Crippen LogP contribution in [0.25, 0.3) is 11.5 Å². The van der Waals surface area contributed by atoms with Gasteiger partial charge in [-0.15, -0.1) is 5.10 Å². The van der Waals surface area contributed by atoms with Gasteiger partial charge in [-0.05, 0) is 37.0 Å². The Kier molecular flexibility index (Phi) is 4.97. The molecule has 4 rings (SSSR count). The second-order valence-corrected chi connectivity index (χ2v) is 7.03. The molecule has 1 aromatic heterocycles. The second-order valence-electron chi connectivity index (χ2n) is 6.68. The normalized spacial score (nSPS) is 18.9. The Bertz CT molecular complexity index is 906. The number of nitrogens with zero attached hydrogens (tertiary/aromatic N) is 4. The van der Waals surface area contributed by atoms with Gasteiger partial charge in [0.2, 0.25) is 5.89 Å². The van der Waals surface area contributed by atoms with E-state index in [2.05, 4.69) is 52.3 Å². The number of hydrogen-bond acceptors (Lipinski definition) is 5. The van der Waals surface area contributed by atoms with Crippen molar-refractivity contribution in [3.8, 4) is 11.5 Å². The lowest BCUT2D eigenvalue weighted by Gasteiger charge is -2.39. The summed E-state index contributed by atoms with van der Waals surface area (Å²) in [5, 5.41) is 4.61. The predicted octanol–water partition coefficient (Wildman–Crippen LogP) is 3.82. The van der Waals surface area contributed by atoms with Gasteiger partial charge in [0.15, 0.2) is 0 Å². The van der Waals surface area contributed by atoms with Crippen LogP contribution >= 0.6 is 12.2 Å². The number of piperazine rings is 1. The summed E-state index contributed by atoms with van der Waals surface area (Å²) in [6.07, 6.45) is 0. The quantitative estimate of drug-likeness (QED) is 0.656. The van der Waals surface area contributed by atoms with Gasteiger partial charge in [-0.3, -0.25) is 4.90 Å². The summed E-state index contributed by atoms with van der Waals surface area (Å²) < 4.78 is 7.52. The summed E-state index contributed by atoms with van der Waals surface area (Å²) in [6, 6.07) is 20.8. The number of benzene rings is 2. The van der Waals surface area contributed by atoms with Gasteiger partial charge >= 0.3 is 0 Å². The van der Waals surface area contributed by atoms with Crippen LogP contribution in [0.15, 0.2) is 65.1 Å². The summed E-state index contributed by atoms with van der Waals surface area (Å²) in [7, 11) is 2.17. The summed E-state index contributed by atoms with van der Waals surface area (Å²) in [5.74, 6) is 0.570. The molecule has 1 aliphatic rings. The standard InChI is InChI=1S/C20H22N4OS/c1-22-12-13-23(18(14-22)16-8-4-2-5-9-16)15-24-20(26)25-19(21-24)17-10-6-3-7-11-17/h2-11,18H,12-15H2,1H3. The smallest absolute Gasteiger partial charge is 0.288 e. The second kappa shape index (κ2) is 7.53. The molecular weight excluding hydrogens is 344 g/mol. The minimum atomic E-state index is 0.314. The number of hydrogen-bond donors (Lipinski definition) is 0. The van der Waals surface area contributed by atoms with E-state index < -0.39 is 0 Å². The van der Waals surface area contributed by atoms with Crippen LogP contribution in [0.3, 0.4) is 0 Å². The Morgan fingerprint density at radius 2 is 1.73 bits per heavy atom. The molecule has 2 aromatic carbocycles. The maximum Gasteiger partial charge on any atom is 0.288 e. The first-order valence-corrected chi connectivity index (χ1v) is 9.22. The van der Waals surface area contributed by atoms with E-state index >= 15 is 0 Å². The lowest BCUT2D eigenvalue weighted by atomic mass is 10.0. The molecule has 6 heteroatoms. The van der Waals surface area contributed by atoms with Crippen molar-refractivity contribution < 1.29 is 4.42 Å². The van der Waals surface area contributed by atoms with Gasteiger partial charge in [-0.2, -0.15) is 0 Å². The Balaban J connectivity index is 1.59.